The monoisotopic (exact) mass is 385 g/mol. The van der Waals surface area contributed by atoms with Crippen molar-refractivity contribution in [2.45, 2.75) is 64.9 Å². The number of amides is 1. The van der Waals surface area contributed by atoms with E-state index in [1.807, 2.05) is 64.1 Å². The number of ether oxygens (including phenoxy) is 1. The van der Waals surface area contributed by atoms with Gasteiger partial charge < -0.3 is 10.1 Å². The van der Waals surface area contributed by atoms with Gasteiger partial charge in [0.15, 0.2) is 0 Å². The Bertz CT molecular complexity index is 815. The second-order valence-corrected chi connectivity index (χ2v) is 8.24. The molecule has 2 aromatic rings. The molecule has 3 nitrogen and oxygen atoms in total. The van der Waals surface area contributed by atoms with Crippen LogP contribution in [0.25, 0.3) is 0 Å². The van der Waals surface area contributed by atoms with Gasteiger partial charge in [-0.25, -0.2) is 0 Å². The van der Waals surface area contributed by atoms with Crippen molar-refractivity contribution in [2.75, 3.05) is 5.32 Å². The van der Waals surface area contributed by atoms with E-state index >= 15 is 0 Å². The molecule has 1 amide bonds. The number of carbonyl (C=O) groups is 1. The molecule has 1 aliphatic carbocycles. The van der Waals surface area contributed by atoms with Crippen LogP contribution in [0.1, 0.15) is 56.2 Å². The van der Waals surface area contributed by atoms with Gasteiger partial charge in [0.25, 0.3) is 0 Å². The number of halogens is 1. The summed E-state index contributed by atoms with van der Waals surface area (Å²) in [5.74, 6) is 0.925. The highest BCUT2D eigenvalue weighted by molar-refractivity contribution is 6.31. The number of benzene rings is 2. The van der Waals surface area contributed by atoms with Crippen molar-refractivity contribution in [3.8, 4) is 5.75 Å². The lowest BCUT2D eigenvalue weighted by atomic mass is 9.78. The van der Waals surface area contributed by atoms with E-state index < -0.39 is 5.41 Å². The highest BCUT2D eigenvalue weighted by Gasteiger charge is 2.43. The number of hydrogen-bond donors (Lipinski definition) is 1. The van der Waals surface area contributed by atoms with Gasteiger partial charge in [-0.3, -0.25) is 4.79 Å². The lowest BCUT2D eigenvalue weighted by Gasteiger charge is -2.29. The maximum atomic E-state index is 13.4. The molecule has 0 saturated heterocycles. The molecule has 144 valence electrons. The van der Waals surface area contributed by atoms with Crippen molar-refractivity contribution in [3.05, 3.63) is 58.1 Å². The van der Waals surface area contributed by atoms with Gasteiger partial charge in [0.1, 0.15) is 5.75 Å². The molecule has 0 bridgehead atoms. The summed E-state index contributed by atoms with van der Waals surface area (Å²) in [4.78, 5) is 13.4. The molecule has 27 heavy (non-hydrogen) atoms. The van der Waals surface area contributed by atoms with Crippen molar-refractivity contribution in [1.29, 1.82) is 0 Å². The summed E-state index contributed by atoms with van der Waals surface area (Å²) >= 11 is 6.46. The Morgan fingerprint density at radius 1 is 1.11 bits per heavy atom. The zero-order valence-electron chi connectivity index (χ0n) is 16.6. The number of nitrogens with one attached hydrogen (secondary N) is 1. The predicted octanol–water partition coefficient (Wildman–Crippen LogP) is 6.19. The van der Waals surface area contributed by atoms with Gasteiger partial charge in [0, 0.05) is 10.7 Å². The van der Waals surface area contributed by atoms with E-state index in [-0.39, 0.29) is 12.0 Å². The van der Waals surface area contributed by atoms with Gasteiger partial charge in [-0.15, -0.1) is 0 Å². The number of aryl methyl sites for hydroxylation is 2. The van der Waals surface area contributed by atoms with Crippen molar-refractivity contribution in [1.82, 2.24) is 0 Å². The first-order valence-electron chi connectivity index (χ1n) is 9.68. The average molecular weight is 386 g/mol. The van der Waals surface area contributed by atoms with Crippen LogP contribution in [0.4, 0.5) is 5.69 Å². The van der Waals surface area contributed by atoms with Crippen LogP contribution in [0.3, 0.4) is 0 Å². The van der Waals surface area contributed by atoms with Crippen molar-refractivity contribution >= 4 is 23.2 Å². The molecule has 1 aliphatic rings. The zero-order valence-corrected chi connectivity index (χ0v) is 17.3. The van der Waals surface area contributed by atoms with Crippen LogP contribution in [0.2, 0.25) is 5.02 Å². The van der Waals surface area contributed by atoms with Gasteiger partial charge >= 0.3 is 0 Å². The van der Waals surface area contributed by atoms with Gasteiger partial charge in [0.05, 0.1) is 11.5 Å². The van der Waals surface area contributed by atoms with Crippen LogP contribution in [0.5, 0.6) is 5.75 Å². The summed E-state index contributed by atoms with van der Waals surface area (Å²) in [6, 6.07) is 11.7. The molecule has 0 aliphatic heterocycles. The van der Waals surface area contributed by atoms with Crippen LogP contribution in [-0.2, 0) is 10.2 Å². The second-order valence-electron chi connectivity index (χ2n) is 7.83. The first-order chi connectivity index (χ1) is 12.8. The van der Waals surface area contributed by atoms with Crippen LogP contribution in [-0.4, -0.2) is 12.0 Å². The van der Waals surface area contributed by atoms with E-state index in [2.05, 4.69) is 5.32 Å². The summed E-state index contributed by atoms with van der Waals surface area (Å²) in [5.41, 5.74) is 3.25. The lowest BCUT2D eigenvalue weighted by molar-refractivity contribution is -0.121. The number of rotatable bonds is 5. The fraction of sp³-hybridized carbons (Fsp3) is 0.435. The fourth-order valence-corrected chi connectivity index (χ4v) is 4.46. The molecule has 0 aromatic heterocycles. The average Bonchev–Trinajstić information content (AvgIpc) is 3.09. The smallest absolute Gasteiger partial charge is 0.235 e. The third kappa shape index (κ3) is 3.98. The minimum atomic E-state index is -0.548. The van der Waals surface area contributed by atoms with E-state index in [1.54, 1.807) is 0 Å². The molecular weight excluding hydrogens is 358 g/mol. The van der Waals surface area contributed by atoms with Gasteiger partial charge in [0.2, 0.25) is 5.91 Å². The van der Waals surface area contributed by atoms with E-state index in [4.69, 9.17) is 16.3 Å². The van der Waals surface area contributed by atoms with Crippen LogP contribution in [0.15, 0.2) is 36.4 Å². The Hall–Kier alpha value is -2.00. The van der Waals surface area contributed by atoms with Crippen LogP contribution in [0, 0.1) is 13.8 Å². The highest BCUT2D eigenvalue weighted by Crippen LogP contribution is 2.44. The molecule has 4 heteroatoms. The minimum absolute atomic E-state index is 0.0319. The Kier molecular flexibility index (Phi) is 5.81. The van der Waals surface area contributed by atoms with Crippen LogP contribution < -0.4 is 10.1 Å². The summed E-state index contributed by atoms with van der Waals surface area (Å²) < 4.78 is 5.91. The normalized spacial score (nSPS) is 15.8. The van der Waals surface area contributed by atoms with Crippen molar-refractivity contribution in [2.24, 2.45) is 0 Å². The zero-order chi connectivity index (χ0) is 19.6. The van der Waals surface area contributed by atoms with Crippen LogP contribution >= 0.6 is 11.6 Å². The van der Waals surface area contributed by atoms with Crippen molar-refractivity contribution in [3.63, 3.8) is 0 Å². The third-order valence-electron chi connectivity index (χ3n) is 5.35. The minimum Gasteiger partial charge on any atom is -0.490 e. The van der Waals surface area contributed by atoms with Gasteiger partial charge in [-0.2, -0.15) is 0 Å². The summed E-state index contributed by atoms with van der Waals surface area (Å²) in [7, 11) is 0. The molecule has 0 atom stereocenters. The largest absolute Gasteiger partial charge is 0.490 e. The molecule has 1 N–H and O–H groups in total. The summed E-state index contributed by atoms with van der Waals surface area (Å²) in [6.45, 7) is 8.06. The lowest BCUT2D eigenvalue weighted by Crippen LogP contribution is -2.38. The van der Waals surface area contributed by atoms with E-state index in [0.29, 0.717) is 5.02 Å². The molecule has 0 heterocycles. The van der Waals surface area contributed by atoms with E-state index in [1.165, 1.54) is 0 Å². The molecular formula is C23H28ClNO2. The molecule has 0 spiro atoms. The topological polar surface area (TPSA) is 38.3 Å². The molecule has 0 unspecified atom stereocenters. The quantitative estimate of drug-likeness (QED) is 0.665. The SMILES string of the molecule is Cc1cc(NC(=O)C2(c3ccccc3Cl)CCCC2)cc(C)c1OC(C)C. The summed E-state index contributed by atoms with van der Waals surface area (Å²) in [6.07, 6.45) is 3.85. The summed E-state index contributed by atoms with van der Waals surface area (Å²) in [5, 5.41) is 3.83. The third-order valence-corrected chi connectivity index (χ3v) is 5.68. The maximum Gasteiger partial charge on any atom is 0.235 e. The fourth-order valence-electron chi connectivity index (χ4n) is 4.14. The molecule has 2 aromatic carbocycles. The first kappa shape index (κ1) is 19.8. The maximum absolute atomic E-state index is 13.4. The molecule has 3 rings (SSSR count). The van der Waals surface area contributed by atoms with Gasteiger partial charge in [-0.1, -0.05) is 42.6 Å². The van der Waals surface area contributed by atoms with Crippen molar-refractivity contribution < 1.29 is 9.53 Å². The predicted molar refractivity (Wildman–Crippen MR) is 112 cm³/mol. The Morgan fingerprint density at radius 3 is 2.26 bits per heavy atom. The van der Waals surface area contributed by atoms with Gasteiger partial charge in [-0.05, 0) is 75.4 Å². The Labute approximate surface area is 167 Å². The first-order valence-corrected chi connectivity index (χ1v) is 10.1. The highest BCUT2D eigenvalue weighted by atomic mass is 35.5. The standard InChI is InChI=1S/C23H28ClNO2/c1-15(2)27-21-16(3)13-18(14-17(21)4)25-22(26)23(11-7-8-12-23)19-9-5-6-10-20(19)24/h5-6,9-10,13-15H,7-8,11-12H2,1-4H3,(H,25,26). The Morgan fingerprint density at radius 2 is 1.70 bits per heavy atom. The second kappa shape index (κ2) is 7.93. The number of anilines is 1. The molecule has 1 saturated carbocycles. The number of carbonyl (C=O) groups excluding carboxylic acids is 1. The van der Waals surface area contributed by atoms with E-state index in [9.17, 15) is 4.79 Å². The number of hydrogen-bond acceptors (Lipinski definition) is 2. The molecule has 1 fully saturated rings. The van der Waals surface area contributed by atoms with E-state index in [0.717, 1.165) is 53.8 Å². The molecule has 0 radical (unpaired) electrons. The Balaban J connectivity index is 1.91.